The summed E-state index contributed by atoms with van der Waals surface area (Å²) in [5.74, 6) is 0.596. The Morgan fingerprint density at radius 3 is 2.95 bits per heavy atom. The average Bonchev–Trinajstić information content (AvgIpc) is 2.42. The van der Waals surface area contributed by atoms with Crippen molar-refractivity contribution in [3.8, 4) is 0 Å². The van der Waals surface area contributed by atoms with Crippen LogP contribution in [0.2, 0.25) is 0 Å². The number of aryl methyl sites for hydroxylation is 1. The maximum Gasteiger partial charge on any atom is 0.188 e. The Morgan fingerprint density at radius 1 is 1.42 bits per heavy atom. The van der Waals surface area contributed by atoms with E-state index in [1.165, 1.54) is 43.2 Å². The fourth-order valence-corrected chi connectivity index (χ4v) is 2.58. The highest BCUT2D eigenvalue weighted by Gasteiger charge is 2.13. The number of hydrogen-bond donors (Lipinski definition) is 2. The van der Waals surface area contributed by atoms with Crippen LogP contribution in [0, 0.1) is 6.92 Å². The Morgan fingerprint density at radius 2 is 2.21 bits per heavy atom. The quantitative estimate of drug-likeness (QED) is 0.644. The first-order chi connectivity index (χ1) is 9.25. The largest absolute Gasteiger partial charge is 0.370 e. The summed E-state index contributed by atoms with van der Waals surface area (Å²) >= 11 is 0. The first-order valence-corrected chi connectivity index (χ1v) is 7.21. The fourth-order valence-electron chi connectivity index (χ4n) is 2.58. The Bertz CT molecular complexity index is 422. The number of hydrogen-bond acceptors (Lipinski definition) is 2. The SMILES string of the molecule is Cc1cnccc1CCN=C(N)NC1CCCCC1. The highest BCUT2D eigenvalue weighted by Crippen LogP contribution is 2.17. The van der Waals surface area contributed by atoms with E-state index < -0.39 is 0 Å². The smallest absolute Gasteiger partial charge is 0.188 e. The molecular formula is C15H24N4. The van der Waals surface area contributed by atoms with Crippen molar-refractivity contribution in [2.45, 2.75) is 51.5 Å². The molecule has 1 aromatic rings. The molecule has 4 nitrogen and oxygen atoms in total. The monoisotopic (exact) mass is 260 g/mol. The van der Waals surface area contributed by atoms with E-state index in [1.54, 1.807) is 0 Å². The molecule has 0 aromatic carbocycles. The summed E-state index contributed by atoms with van der Waals surface area (Å²) in [5.41, 5.74) is 8.45. The van der Waals surface area contributed by atoms with Gasteiger partial charge in [-0.3, -0.25) is 9.98 Å². The summed E-state index contributed by atoms with van der Waals surface area (Å²) in [6, 6.07) is 2.58. The molecule has 0 saturated heterocycles. The normalized spacial score (nSPS) is 17.4. The number of pyridine rings is 1. The molecule has 1 fully saturated rings. The molecule has 19 heavy (non-hydrogen) atoms. The second-order valence-electron chi connectivity index (χ2n) is 5.30. The van der Waals surface area contributed by atoms with Gasteiger partial charge < -0.3 is 11.1 Å². The number of aromatic nitrogens is 1. The van der Waals surface area contributed by atoms with Gasteiger partial charge in [0.05, 0.1) is 0 Å². The third kappa shape index (κ3) is 4.54. The summed E-state index contributed by atoms with van der Waals surface area (Å²) < 4.78 is 0. The van der Waals surface area contributed by atoms with Crippen molar-refractivity contribution >= 4 is 5.96 Å². The first-order valence-electron chi connectivity index (χ1n) is 7.21. The summed E-state index contributed by atoms with van der Waals surface area (Å²) in [7, 11) is 0. The Kier molecular flexibility index (Phi) is 5.19. The second kappa shape index (κ2) is 7.12. The molecule has 2 rings (SSSR count). The van der Waals surface area contributed by atoms with Crippen molar-refractivity contribution in [1.29, 1.82) is 0 Å². The van der Waals surface area contributed by atoms with Gasteiger partial charge in [-0.05, 0) is 43.4 Å². The Labute approximate surface area is 115 Å². The summed E-state index contributed by atoms with van der Waals surface area (Å²) in [4.78, 5) is 8.51. The molecule has 0 bridgehead atoms. The zero-order chi connectivity index (χ0) is 13.5. The summed E-state index contributed by atoms with van der Waals surface area (Å²) in [6.45, 7) is 2.81. The molecule has 4 heteroatoms. The van der Waals surface area contributed by atoms with E-state index in [9.17, 15) is 0 Å². The lowest BCUT2D eigenvalue weighted by Gasteiger charge is -2.23. The van der Waals surface area contributed by atoms with Crippen LogP contribution < -0.4 is 11.1 Å². The number of guanidine groups is 1. The molecule has 1 heterocycles. The lowest BCUT2D eigenvalue weighted by atomic mass is 9.96. The van der Waals surface area contributed by atoms with Crippen LogP contribution in [0.5, 0.6) is 0 Å². The topological polar surface area (TPSA) is 63.3 Å². The lowest BCUT2D eigenvalue weighted by molar-refractivity contribution is 0.412. The molecule has 1 saturated carbocycles. The van der Waals surface area contributed by atoms with Crippen LogP contribution >= 0.6 is 0 Å². The molecule has 1 aliphatic carbocycles. The van der Waals surface area contributed by atoms with E-state index in [0.29, 0.717) is 12.0 Å². The molecule has 3 N–H and O–H groups in total. The second-order valence-corrected chi connectivity index (χ2v) is 5.30. The molecule has 0 radical (unpaired) electrons. The number of nitrogens with zero attached hydrogens (tertiary/aromatic N) is 2. The van der Waals surface area contributed by atoms with E-state index in [4.69, 9.17) is 5.73 Å². The number of aliphatic imine (C=N–C) groups is 1. The van der Waals surface area contributed by atoms with Gasteiger partial charge in [-0.1, -0.05) is 19.3 Å². The predicted molar refractivity (Wildman–Crippen MR) is 79.2 cm³/mol. The predicted octanol–water partition coefficient (Wildman–Crippen LogP) is 2.17. The molecule has 1 aromatic heterocycles. The number of rotatable bonds is 4. The van der Waals surface area contributed by atoms with Crippen molar-refractivity contribution < 1.29 is 0 Å². The molecule has 0 spiro atoms. The van der Waals surface area contributed by atoms with Gasteiger partial charge in [-0.25, -0.2) is 0 Å². The zero-order valence-corrected chi connectivity index (χ0v) is 11.7. The van der Waals surface area contributed by atoms with Crippen LogP contribution in [0.4, 0.5) is 0 Å². The number of nitrogens with two attached hydrogens (primary N) is 1. The first kappa shape index (κ1) is 13.8. The van der Waals surface area contributed by atoms with Crippen LogP contribution in [0.3, 0.4) is 0 Å². The third-order valence-corrected chi connectivity index (χ3v) is 3.76. The molecule has 0 amide bonds. The standard InChI is InChI=1S/C15H24N4/c1-12-11-17-9-7-13(12)8-10-18-15(16)19-14-5-3-2-4-6-14/h7,9,11,14H,2-6,8,10H2,1H3,(H3,16,18,19). The van der Waals surface area contributed by atoms with Crippen LogP contribution in [0.1, 0.15) is 43.2 Å². The molecule has 0 atom stereocenters. The average molecular weight is 260 g/mol. The minimum absolute atomic E-state index is 0.528. The van der Waals surface area contributed by atoms with E-state index in [2.05, 4.69) is 28.3 Å². The van der Waals surface area contributed by atoms with Gasteiger partial charge in [0.2, 0.25) is 0 Å². The maximum absolute atomic E-state index is 5.93. The van der Waals surface area contributed by atoms with E-state index in [0.717, 1.165) is 13.0 Å². The van der Waals surface area contributed by atoms with Crippen LogP contribution in [0.15, 0.2) is 23.5 Å². The minimum atomic E-state index is 0.528. The van der Waals surface area contributed by atoms with E-state index in [1.807, 2.05) is 12.4 Å². The van der Waals surface area contributed by atoms with Crippen molar-refractivity contribution in [1.82, 2.24) is 10.3 Å². The van der Waals surface area contributed by atoms with E-state index in [-0.39, 0.29) is 0 Å². The van der Waals surface area contributed by atoms with Crippen LogP contribution in [-0.2, 0) is 6.42 Å². The molecule has 0 unspecified atom stereocenters. The maximum atomic E-state index is 5.93. The van der Waals surface area contributed by atoms with Crippen LogP contribution in [-0.4, -0.2) is 23.5 Å². The van der Waals surface area contributed by atoms with Crippen molar-refractivity contribution in [2.24, 2.45) is 10.7 Å². The van der Waals surface area contributed by atoms with Gasteiger partial charge in [-0.2, -0.15) is 0 Å². The van der Waals surface area contributed by atoms with Gasteiger partial charge in [0.1, 0.15) is 0 Å². The fraction of sp³-hybridized carbons (Fsp3) is 0.600. The minimum Gasteiger partial charge on any atom is -0.370 e. The van der Waals surface area contributed by atoms with Gasteiger partial charge >= 0.3 is 0 Å². The summed E-state index contributed by atoms with van der Waals surface area (Å²) in [6.07, 6.45) is 11.1. The molecule has 1 aliphatic rings. The molecule has 0 aliphatic heterocycles. The Hall–Kier alpha value is -1.58. The van der Waals surface area contributed by atoms with Gasteiger partial charge in [0.15, 0.2) is 5.96 Å². The van der Waals surface area contributed by atoms with Crippen molar-refractivity contribution in [3.05, 3.63) is 29.6 Å². The van der Waals surface area contributed by atoms with E-state index >= 15 is 0 Å². The lowest BCUT2D eigenvalue weighted by Crippen LogP contribution is -2.41. The highest BCUT2D eigenvalue weighted by atomic mass is 15.1. The molecular weight excluding hydrogens is 236 g/mol. The third-order valence-electron chi connectivity index (χ3n) is 3.76. The van der Waals surface area contributed by atoms with Gasteiger partial charge in [0, 0.05) is 25.0 Å². The highest BCUT2D eigenvalue weighted by molar-refractivity contribution is 5.78. The van der Waals surface area contributed by atoms with Gasteiger partial charge in [0.25, 0.3) is 0 Å². The summed E-state index contributed by atoms with van der Waals surface area (Å²) in [5, 5.41) is 3.34. The van der Waals surface area contributed by atoms with Gasteiger partial charge in [-0.15, -0.1) is 0 Å². The van der Waals surface area contributed by atoms with Crippen molar-refractivity contribution in [2.75, 3.05) is 6.54 Å². The zero-order valence-electron chi connectivity index (χ0n) is 11.7. The van der Waals surface area contributed by atoms with Crippen molar-refractivity contribution in [3.63, 3.8) is 0 Å². The Balaban J connectivity index is 1.76. The molecule has 104 valence electrons. The van der Waals surface area contributed by atoms with Crippen LogP contribution in [0.25, 0.3) is 0 Å². The number of nitrogens with one attached hydrogen (secondary N) is 1.